The van der Waals surface area contributed by atoms with Gasteiger partial charge in [-0.15, -0.1) is 0 Å². The number of hydrogen-bond acceptors (Lipinski definition) is 0. The zero-order valence-electron chi connectivity index (χ0n) is 13.3. The molecule has 0 saturated heterocycles. The van der Waals surface area contributed by atoms with Crippen LogP contribution in [0.4, 0.5) is 8.78 Å². The number of halogens is 2. The van der Waals surface area contributed by atoms with E-state index in [0.717, 1.165) is 18.4 Å². The Kier molecular flexibility index (Phi) is 4.76. The minimum absolute atomic E-state index is 0.254. The highest BCUT2D eigenvalue weighted by Gasteiger charge is 2.19. The van der Waals surface area contributed by atoms with Gasteiger partial charge < -0.3 is 0 Å². The number of rotatable bonds is 2. The normalized spacial score (nSPS) is 16.4. The standard InChI is InChI=1S/C21H20F2/c1-2-3-16-5-8-17-13-18(21(23)14-19(17)12-16)9-4-15-6-10-20(22)11-7-15/h6-7,10-11,13-14,16H,2-3,5,8,12H2,1H3. The second kappa shape index (κ2) is 6.96. The predicted octanol–water partition coefficient (Wildman–Crippen LogP) is 5.27. The molecule has 0 heterocycles. The second-order valence-corrected chi connectivity index (χ2v) is 6.26. The molecule has 1 unspecified atom stereocenters. The first-order valence-electron chi connectivity index (χ1n) is 8.24. The maximum absolute atomic E-state index is 14.3. The van der Waals surface area contributed by atoms with Gasteiger partial charge in [-0.05, 0) is 72.7 Å². The molecule has 0 spiro atoms. The summed E-state index contributed by atoms with van der Waals surface area (Å²) in [5.74, 6) is 5.93. The lowest BCUT2D eigenvalue weighted by Crippen LogP contribution is -2.14. The Bertz CT molecular complexity index is 748. The third-order valence-electron chi connectivity index (χ3n) is 4.50. The van der Waals surface area contributed by atoms with Gasteiger partial charge in [-0.25, -0.2) is 8.78 Å². The van der Waals surface area contributed by atoms with E-state index in [0.29, 0.717) is 17.0 Å². The van der Waals surface area contributed by atoms with Crippen LogP contribution in [-0.2, 0) is 12.8 Å². The third kappa shape index (κ3) is 3.79. The van der Waals surface area contributed by atoms with Crippen LogP contribution in [0.3, 0.4) is 0 Å². The van der Waals surface area contributed by atoms with Crippen molar-refractivity contribution in [2.24, 2.45) is 5.92 Å². The van der Waals surface area contributed by atoms with Crippen LogP contribution in [0.15, 0.2) is 36.4 Å². The molecule has 0 amide bonds. The molecule has 1 atom stereocenters. The van der Waals surface area contributed by atoms with E-state index in [2.05, 4.69) is 18.8 Å². The fourth-order valence-electron chi connectivity index (χ4n) is 3.28. The van der Waals surface area contributed by atoms with Gasteiger partial charge in [0.15, 0.2) is 0 Å². The molecule has 2 aromatic carbocycles. The minimum Gasteiger partial charge on any atom is -0.207 e. The first kappa shape index (κ1) is 15.7. The van der Waals surface area contributed by atoms with Crippen LogP contribution in [0.2, 0.25) is 0 Å². The van der Waals surface area contributed by atoms with Crippen LogP contribution in [0, 0.1) is 29.4 Å². The summed E-state index contributed by atoms with van der Waals surface area (Å²) in [6.45, 7) is 2.20. The molecule has 1 aliphatic carbocycles. The van der Waals surface area contributed by atoms with Crippen LogP contribution in [-0.4, -0.2) is 0 Å². The first-order chi connectivity index (χ1) is 11.2. The van der Waals surface area contributed by atoms with Gasteiger partial charge >= 0.3 is 0 Å². The molecule has 0 fully saturated rings. The zero-order chi connectivity index (χ0) is 16.2. The molecule has 0 N–H and O–H groups in total. The third-order valence-corrected chi connectivity index (χ3v) is 4.50. The first-order valence-corrected chi connectivity index (χ1v) is 8.24. The summed E-state index contributed by atoms with van der Waals surface area (Å²) in [5, 5.41) is 0. The van der Waals surface area contributed by atoms with E-state index in [4.69, 9.17) is 0 Å². The van der Waals surface area contributed by atoms with Crippen molar-refractivity contribution in [3.8, 4) is 11.8 Å². The van der Waals surface area contributed by atoms with Gasteiger partial charge in [-0.2, -0.15) is 0 Å². The Morgan fingerprint density at radius 1 is 1.04 bits per heavy atom. The van der Waals surface area contributed by atoms with Crippen LogP contribution in [0.1, 0.15) is 48.4 Å². The number of hydrogen-bond donors (Lipinski definition) is 0. The second-order valence-electron chi connectivity index (χ2n) is 6.26. The SMILES string of the molecule is CCCC1CCc2cc(C#Cc3ccc(F)cc3)c(F)cc2C1. The molecule has 2 heteroatoms. The van der Waals surface area contributed by atoms with Crippen LogP contribution in [0.25, 0.3) is 0 Å². The smallest absolute Gasteiger partial charge is 0.139 e. The van der Waals surface area contributed by atoms with E-state index in [1.54, 1.807) is 18.2 Å². The van der Waals surface area contributed by atoms with E-state index in [-0.39, 0.29) is 11.6 Å². The molecule has 0 bridgehead atoms. The van der Waals surface area contributed by atoms with E-state index >= 15 is 0 Å². The number of benzene rings is 2. The fourth-order valence-corrected chi connectivity index (χ4v) is 3.28. The number of fused-ring (bicyclic) bond motifs is 1. The Morgan fingerprint density at radius 2 is 1.83 bits per heavy atom. The summed E-state index contributed by atoms with van der Waals surface area (Å²) in [5.41, 5.74) is 3.48. The summed E-state index contributed by atoms with van der Waals surface area (Å²) in [7, 11) is 0. The van der Waals surface area contributed by atoms with Gasteiger partial charge in [0, 0.05) is 5.56 Å². The Balaban J connectivity index is 1.84. The lowest BCUT2D eigenvalue weighted by Gasteiger charge is -2.24. The minimum atomic E-state index is -0.294. The Labute approximate surface area is 136 Å². The van der Waals surface area contributed by atoms with Crippen molar-refractivity contribution in [1.29, 1.82) is 0 Å². The highest BCUT2D eigenvalue weighted by molar-refractivity contribution is 5.47. The quantitative estimate of drug-likeness (QED) is 0.663. The average molecular weight is 310 g/mol. The van der Waals surface area contributed by atoms with Crippen molar-refractivity contribution in [3.63, 3.8) is 0 Å². The van der Waals surface area contributed by atoms with Gasteiger partial charge in [0.25, 0.3) is 0 Å². The molecule has 0 nitrogen and oxygen atoms in total. The van der Waals surface area contributed by atoms with Crippen LogP contribution < -0.4 is 0 Å². The van der Waals surface area contributed by atoms with Crippen molar-refractivity contribution in [3.05, 3.63) is 70.3 Å². The van der Waals surface area contributed by atoms with Crippen molar-refractivity contribution >= 4 is 0 Å². The van der Waals surface area contributed by atoms with Crippen molar-refractivity contribution < 1.29 is 8.78 Å². The highest BCUT2D eigenvalue weighted by atomic mass is 19.1. The lowest BCUT2D eigenvalue weighted by atomic mass is 9.81. The summed E-state index contributed by atoms with van der Waals surface area (Å²) in [4.78, 5) is 0. The zero-order valence-corrected chi connectivity index (χ0v) is 13.3. The maximum Gasteiger partial charge on any atom is 0.139 e. The van der Waals surface area contributed by atoms with E-state index in [9.17, 15) is 8.78 Å². The molecule has 3 rings (SSSR count). The topological polar surface area (TPSA) is 0 Å². The number of aryl methyl sites for hydroxylation is 1. The van der Waals surface area contributed by atoms with Gasteiger partial charge in [0.05, 0.1) is 5.56 Å². The average Bonchev–Trinajstić information content (AvgIpc) is 2.55. The predicted molar refractivity (Wildman–Crippen MR) is 89.2 cm³/mol. The van der Waals surface area contributed by atoms with Gasteiger partial charge in [0.1, 0.15) is 11.6 Å². The summed E-state index contributed by atoms with van der Waals surface area (Å²) < 4.78 is 27.2. The van der Waals surface area contributed by atoms with Crippen LogP contribution >= 0.6 is 0 Å². The lowest BCUT2D eigenvalue weighted by molar-refractivity contribution is 0.421. The van der Waals surface area contributed by atoms with E-state index in [1.165, 1.54) is 37.0 Å². The summed E-state index contributed by atoms with van der Waals surface area (Å²) in [6, 6.07) is 9.49. The molecule has 1 aliphatic rings. The molecule has 118 valence electrons. The largest absolute Gasteiger partial charge is 0.207 e. The molecular formula is C21H20F2. The molecule has 0 radical (unpaired) electrons. The monoisotopic (exact) mass is 310 g/mol. The van der Waals surface area contributed by atoms with Crippen molar-refractivity contribution in [2.45, 2.75) is 39.0 Å². The van der Waals surface area contributed by atoms with E-state index < -0.39 is 0 Å². The van der Waals surface area contributed by atoms with Crippen molar-refractivity contribution in [2.75, 3.05) is 0 Å². The van der Waals surface area contributed by atoms with Gasteiger partial charge in [-0.3, -0.25) is 0 Å². The Hall–Kier alpha value is -2.14. The molecular weight excluding hydrogens is 290 g/mol. The van der Waals surface area contributed by atoms with Crippen molar-refractivity contribution in [1.82, 2.24) is 0 Å². The molecule has 0 aromatic heterocycles. The summed E-state index contributed by atoms with van der Waals surface area (Å²) in [6.07, 6.45) is 5.56. The molecule has 23 heavy (non-hydrogen) atoms. The molecule has 0 saturated carbocycles. The van der Waals surface area contributed by atoms with E-state index in [1.807, 2.05) is 6.07 Å². The van der Waals surface area contributed by atoms with Gasteiger partial charge in [0.2, 0.25) is 0 Å². The highest BCUT2D eigenvalue weighted by Crippen LogP contribution is 2.30. The fraction of sp³-hybridized carbons (Fsp3) is 0.333. The van der Waals surface area contributed by atoms with Crippen LogP contribution in [0.5, 0.6) is 0 Å². The Morgan fingerprint density at radius 3 is 2.57 bits per heavy atom. The molecule has 0 aliphatic heterocycles. The maximum atomic E-state index is 14.3. The molecule has 2 aromatic rings. The summed E-state index contributed by atoms with van der Waals surface area (Å²) >= 11 is 0. The van der Waals surface area contributed by atoms with Gasteiger partial charge in [-0.1, -0.05) is 31.6 Å².